The number of hydrogen-bond donors (Lipinski definition) is 2. The summed E-state index contributed by atoms with van der Waals surface area (Å²) in [5.41, 5.74) is 1.41. The lowest BCUT2D eigenvalue weighted by atomic mass is 10.2. The van der Waals surface area contributed by atoms with Gasteiger partial charge in [0.2, 0.25) is 5.91 Å². The van der Waals surface area contributed by atoms with Crippen molar-refractivity contribution in [3.63, 3.8) is 0 Å². The van der Waals surface area contributed by atoms with Crippen LogP contribution in [0.5, 0.6) is 0 Å². The van der Waals surface area contributed by atoms with E-state index in [4.69, 9.17) is 4.74 Å². The molecule has 0 unspecified atom stereocenters. The summed E-state index contributed by atoms with van der Waals surface area (Å²) >= 11 is 0. The van der Waals surface area contributed by atoms with E-state index in [-0.39, 0.29) is 18.3 Å². The first-order chi connectivity index (χ1) is 8.11. The summed E-state index contributed by atoms with van der Waals surface area (Å²) < 4.78 is 17.8. The average molecular weight is 240 g/mol. The number of methoxy groups -OCH3 is 1. The molecule has 2 N–H and O–H groups in total. The Morgan fingerprint density at radius 2 is 2.18 bits per heavy atom. The molecule has 0 bridgehead atoms. The maximum absolute atomic E-state index is 13.0. The van der Waals surface area contributed by atoms with Crippen molar-refractivity contribution in [2.24, 2.45) is 0 Å². The summed E-state index contributed by atoms with van der Waals surface area (Å²) in [5.74, 6) is -0.462. The molecule has 5 heteroatoms. The van der Waals surface area contributed by atoms with Crippen molar-refractivity contribution in [2.75, 3.05) is 32.1 Å². The molecule has 0 aliphatic heterocycles. The molecule has 17 heavy (non-hydrogen) atoms. The van der Waals surface area contributed by atoms with Gasteiger partial charge in [-0.3, -0.25) is 4.79 Å². The van der Waals surface area contributed by atoms with Crippen molar-refractivity contribution in [1.82, 2.24) is 5.32 Å². The van der Waals surface area contributed by atoms with E-state index in [1.165, 1.54) is 12.1 Å². The Morgan fingerprint density at radius 3 is 2.82 bits per heavy atom. The minimum atomic E-state index is -0.313. The Bertz CT molecular complexity index is 363. The molecule has 0 fully saturated rings. The van der Waals surface area contributed by atoms with Gasteiger partial charge >= 0.3 is 0 Å². The Balaban J connectivity index is 2.36. The Morgan fingerprint density at radius 1 is 1.41 bits per heavy atom. The smallest absolute Gasteiger partial charge is 0.239 e. The number of aryl methyl sites for hydroxylation is 1. The van der Waals surface area contributed by atoms with Crippen LogP contribution in [0.4, 0.5) is 10.1 Å². The van der Waals surface area contributed by atoms with Gasteiger partial charge in [0.25, 0.3) is 0 Å². The van der Waals surface area contributed by atoms with Crippen LogP contribution in [0.2, 0.25) is 0 Å². The standard InChI is InChI=1S/C12H17FN2O2/c1-9-5-10(13)7-11(6-9)15-8-12(16)14-3-4-17-2/h5-7,15H,3-4,8H2,1-2H3,(H,14,16). The molecule has 0 aliphatic carbocycles. The van der Waals surface area contributed by atoms with Crippen molar-refractivity contribution in [2.45, 2.75) is 6.92 Å². The van der Waals surface area contributed by atoms with Gasteiger partial charge in [0, 0.05) is 19.3 Å². The zero-order valence-electron chi connectivity index (χ0n) is 10.0. The van der Waals surface area contributed by atoms with Crippen molar-refractivity contribution < 1.29 is 13.9 Å². The first-order valence-corrected chi connectivity index (χ1v) is 5.38. The molecular formula is C12H17FN2O2. The van der Waals surface area contributed by atoms with E-state index in [9.17, 15) is 9.18 Å². The molecule has 0 saturated carbocycles. The molecular weight excluding hydrogens is 223 g/mol. The lowest BCUT2D eigenvalue weighted by molar-refractivity contribution is -0.119. The number of ether oxygens (including phenoxy) is 1. The molecule has 1 aromatic rings. The van der Waals surface area contributed by atoms with Gasteiger partial charge in [-0.1, -0.05) is 0 Å². The predicted molar refractivity (Wildman–Crippen MR) is 64.5 cm³/mol. The van der Waals surface area contributed by atoms with Crippen LogP contribution >= 0.6 is 0 Å². The van der Waals surface area contributed by atoms with E-state index in [2.05, 4.69) is 10.6 Å². The number of amides is 1. The van der Waals surface area contributed by atoms with E-state index in [0.29, 0.717) is 18.8 Å². The molecule has 1 aromatic carbocycles. The lowest BCUT2D eigenvalue weighted by Crippen LogP contribution is -2.32. The Labute approximate surface area is 100 Å². The number of halogens is 1. The van der Waals surface area contributed by atoms with Gasteiger partial charge in [-0.25, -0.2) is 4.39 Å². The normalized spacial score (nSPS) is 10.1. The van der Waals surface area contributed by atoms with Crippen LogP contribution in [-0.2, 0) is 9.53 Å². The summed E-state index contributed by atoms with van der Waals surface area (Å²) in [6, 6.07) is 4.57. The van der Waals surface area contributed by atoms with Gasteiger partial charge in [0.15, 0.2) is 0 Å². The summed E-state index contributed by atoms with van der Waals surface area (Å²) in [6.07, 6.45) is 0. The highest BCUT2D eigenvalue weighted by molar-refractivity contribution is 5.80. The first kappa shape index (κ1) is 13.4. The second-order valence-corrected chi connectivity index (χ2v) is 3.71. The summed E-state index contributed by atoms with van der Waals surface area (Å²) in [4.78, 5) is 11.3. The van der Waals surface area contributed by atoms with Gasteiger partial charge in [-0.2, -0.15) is 0 Å². The van der Waals surface area contributed by atoms with Crippen LogP contribution in [0, 0.1) is 12.7 Å². The second-order valence-electron chi connectivity index (χ2n) is 3.71. The van der Waals surface area contributed by atoms with Crippen LogP contribution in [0.15, 0.2) is 18.2 Å². The monoisotopic (exact) mass is 240 g/mol. The molecule has 0 saturated heterocycles. The second kappa shape index (κ2) is 6.85. The lowest BCUT2D eigenvalue weighted by Gasteiger charge is -2.08. The number of benzene rings is 1. The largest absolute Gasteiger partial charge is 0.383 e. The maximum atomic E-state index is 13.0. The molecule has 0 spiro atoms. The van der Waals surface area contributed by atoms with Gasteiger partial charge in [-0.05, 0) is 30.7 Å². The zero-order valence-corrected chi connectivity index (χ0v) is 10.0. The molecule has 94 valence electrons. The van der Waals surface area contributed by atoms with Gasteiger partial charge < -0.3 is 15.4 Å². The van der Waals surface area contributed by atoms with E-state index in [1.807, 2.05) is 0 Å². The van der Waals surface area contributed by atoms with Crippen LogP contribution in [-0.4, -0.2) is 32.7 Å². The minimum absolute atomic E-state index is 0.118. The van der Waals surface area contributed by atoms with Crippen LogP contribution < -0.4 is 10.6 Å². The van der Waals surface area contributed by atoms with E-state index in [0.717, 1.165) is 5.56 Å². The van der Waals surface area contributed by atoms with Crippen molar-refractivity contribution in [3.05, 3.63) is 29.6 Å². The van der Waals surface area contributed by atoms with E-state index < -0.39 is 0 Å². The molecule has 0 aromatic heterocycles. The fourth-order valence-corrected chi connectivity index (χ4v) is 1.38. The quantitative estimate of drug-likeness (QED) is 0.737. The van der Waals surface area contributed by atoms with Gasteiger partial charge in [0.05, 0.1) is 13.2 Å². The van der Waals surface area contributed by atoms with Crippen molar-refractivity contribution >= 4 is 11.6 Å². The number of hydrogen-bond acceptors (Lipinski definition) is 3. The molecule has 4 nitrogen and oxygen atoms in total. The van der Waals surface area contributed by atoms with E-state index in [1.54, 1.807) is 20.1 Å². The fourth-order valence-electron chi connectivity index (χ4n) is 1.38. The average Bonchev–Trinajstić information content (AvgIpc) is 2.25. The molecule has 1 rings (SSSR count). The highest BCUT2D eigenvalue weighted by Gasteiger charge is 2.02. The molecule has 0 heterocycles. The van der Waals surface area contributed by atoms with Crippen LogP contribution in [0.25, 0.3) is 0 Å². The zero-order chi connectivity index (χ0) is 12.7. The summed E-state index contributed by atoms with van der Waals surface area (Å²) in [7, 11) is 1.57. The summed E-state index contributed by atoms with van der Waals surface area (Å²) in [6.45, 7) is 2.86. The molecule has 0 atom stereocenters. The molecule has 0 aliphatic rings. The van der Waals surface area contributed by atoms with Crippen molar-refractivity contribution in [1.29, 1.82) is 0 Å². The third-order valence-corrected chi connectivity index (χ3v) is 2.12. The Kier molecular flexibility index (Phi) is 5.42. The fraction of sp³-hybridized carbons (Fsp3) is 0.417. The summed E-state index contributed by atoms with van der Waals surface area (Å²) in [5, 5.41) is 5.52. The number of carbonyl (C=O) groups excluding carboxylic acids is 1. The highest BCUT2D eigenvalue weighted by Crippen LogP contribution is 2.12. The van der Waals surface area contributed by atoms with Crippen LogP contribution in [0.1, 0.15) is 5.56 Å². The SMILES string of the molecule is COCCNC(=O)CNc1cc(C)cc(F)c1. The first-order valence-electron chi connectivity index (χ1n) is 5.38. The number of anilines is 1. The number of nitrogens with one attached hydrogen (secondary N) is 2. The molecule has 0 radical (unpaired) electrons. The third kappa shape index (κ3) is 5.31. The highest BCUT2D eigenvalue weighted by atomic mass is 19.1. The minimum Gasteiger partial charge on any atom is -0.383 e. The topological polar surface area (TPSA) is 50.4 Å². The predicted octanol–water partition coefficient (Wildman–Crippen LogP) is 1.31. The van der Waals surface area contributed by atoms with Gasteiger partial charge in [0.1, 0.15) is 5.82 Å². The number of carbonyl (C=O) groups is 1. The maximum Gasteiger partial charge on any atom is 0.239 e. The van der Waals surface area contributed by atoms with E-state index >= 15 is 0 Å². The van der Waals surface area contributed by atoms with Gasteiger partial charge in [-0.15, -0.1) is 0 Å². The van der Waals surface area contributed by atoms with Crippen molar-refractivity contribution in [3.8, 4) is 0 Å². The third-order valence-electron chi connectivity index (χ3n) is 2.12. The Hall–Kier alpha value is -1.62. The molecule has 1 amide bonds. The van der Waals surface area contributed by atoms with Crippen LogP contribution in [0.3, 0.4) is 0 Å². The number of rotatable bonds is 6.